The molecule has 0 aliphatic carbocycles. The second kappa shape index (κ2) is 6.55. The van der Waals surface area contributed by atoms with Gasteiger partial charge in [-0.15, -0.1) is 0 Å². The molecule has 0 fully saturated rings. The van der Waals surface area contributed by atoms with Crippen LogP contribution in [-0.2, 0) is 17.8 Å². The van der Waals surface area contributed by atoms with Gasteiger partial charge in [-0.2, -0.15) is 0 Å². The SMILES string of the molecule is O=C(O)C(Cc1ccc(CO)cc1)c1cccc(Cl)c1. The van der Waals surface area contributed by atoms with Crippen molar-refractivity contribution in [2.75, 3.05) is 0 Å². The van der Waals surface area contributed by atoms with E-state index in [4.69, 9.17) is 16.7 Å². The van der Waals surface area contributed by atoms with Crippen LogP contribution < -0.4 is 0 Å². The van der Waals surface area contributed by atoms with Gasteiger partial charge < -0.3 is 10.2 Å². The zero-order valence-corrected chi connectivity index (χ0v) is 11.5. The molecule has 0 radical (unpaired) electrons. The highest BCUT2D eigenvalue weighted by Gasteiger charge is 2.20. The van der Waals surface area contributed by atoms with Crippen molar-refractivity contribution in [2.24, 2.45) is 0 Å². The molecule has 0 spiro atoms. The highest BCUT2D eigenvalue weighted by molar-refractivity contribution is 6.30. The van der Waals surface area contributed by atoms with Crippen molar-refractivity contribution in [1.29, 1.82) is 0 Å². The van der Waals surface area contributed by atoms with Crippen LogP contribution in [0.2, 0.25) is 5.02 Å². The molecule has 0 saturated carbocycles. The molecule has 0 amide bonds. The smallest absolute Gasteiger partial charge is 0.311 e. The summed E-state index contributed by atoms with van der Waals surface area (Å²) in [4.78, 5) is 11.5. The lowest BCUT2D eigenvalue weighted by Crippen LogP contribution is -2.14. The number of aliphatic hydroxyl groups excluding tert-OH is 1. The predicted molar refractivity (Wildman–Crippen MR) is 77.9 cm³/mol. The molecule has 104 valence electrons. The van der Waals surface area contributed by atoms with Crippen molar-refractivity contribution < 1.29 is 15.0 Å². The zero-order chi connectivity index (χ0) is 14.5. The van der Waals surface area contributed by atoms with E-state index in [2.05, 4.69) is 0 Å². The van der Waals surface area contributed by atoms with Gasteiger partial charge >= 0.3 is 5.97 Å². The third kappa shape index (κ3) is 3.59. The Labute approximate surface area is 122 Å². The number of hydrogen-bond acceptors (Lipinski definition) is 2. The molecule has 2 aromatic carbocycles. The number of rotatable bonds is 5. The van der Waals surface area contributed by atoms with Crippen molar-refractivity contribution in [3.63, 3.8) is 0 Å². The lowest BCUT2D eigenvalue weighted by atomic mass is 9.92. The first-order valence-corrected chi connectivity index (χ1v) is 6.65. The molecule has 3 nitrogen and oxygen atoms in total. The molecular weight excluding hydrogens is 276 g/mol. The van der Waals surface area contributed by atoms with Gasteiger partial charge in [0, 0.05) is 5.02 Å². The number of benzene rings is 2. The van der Waals surface area contributed by atoms with E-state index in [-0.39, 0.29) is 6.61 Å². The molecule has 0 aliphatic rings. The van der Waals surface area contributed by atoms with Crippen LogP contribution in [0.15, 0.2) is 48.5 Å². The van der Waals surface area contributed by atoms with Crippen LogP contribution in [0.25, 0.3) is 0 Å². The van der Waals surface area contributed by atoms with E-state index in [0.717, 1.165) is 11.1 Å². The van der Waals surface area contributed by atoms with Gasteiger partial charge in [0.25, 0.3) is 0 Å². The van der Waals surface area contributed by atoms with Gasteiger partial charge in [0.2, 0.25) is 0 Å². The van der Waals surface area contributed by atoms with Gasteiger partial charge in [-0.3, -0.25) is 4.79 Å². The molecule has 0 aromatic heterocycles. The monoisotopic (exact) mass is 290 g/mol. The van der Waals surface area contributed by atoms with E-state index < -0.39 is 11.9 Å². The fourth-order valence-electron chi connectivity index (χ4n) is 2.09. The molecule has 0 aliphatic heterocycles. The predicted octanol–water partition coefficient (Wildman–Crippen LogP) is 3.24. The number of halogens is 1. The largest absolute Gasteiger partial charge is 0.481 e. The number of aliphatic hydroxyl groups is 1. The summed E-state index contributed by atoms with van der Waals surface area (Å²) in [6.45, 7) is -0.0169. The van der Waals surface area contributed by atoms with Gasteiger partial charge in [-0.05, 0) is 35.2 Å². The summed E-state index contributed by atoms with van der Waals surface area (Å²) in [6.07, 6.45) is 0.390. The molecule has 4 heteroatoms. The molecule has 1 atom stereocenters. The Hall–Kier alpha value is -1.84. The molecule has 20 heavy (non-hydrogen) atoms. The van der Waals surface area contributed by atoms with Crippen molar-refractivity contribution in [3.8, 4) is 0 Å². The van der Waals surface area contributed by atoms with Crippen molar-refractivity contribution in [3.05, 3.63) is 70.2 Å². The van der Waals surface area contributed by atoms with Gasteiger partial charge in [0.15, 0.2) is 0 Å². The standard InChI is InChI=1S/C16H15ClO3/c17-14-3-1-2-13(9-14)15(16(19)20)8-11-4-6-12(10-18)7-5-11/h1-7,9,15,18H,8,10H2,(H,19,20). The molecule has 1 unspecified atom stereocenters. The van der Waals surface area contributed by atoms with Crippen molar-refractivity contribution >= 4 is 17.6 Å². The fraction of sp³-hybridized carbons (Fsp3) is 0.188. The molecular formula is C16H15ClO3. The van der Waals surface area contributed by atoms with Crippen LogP contribution in [0.4, 0.5) is 0 Å². The summed E-state index contributed by atoms with van der Waals surface area (Å²) >= 11 is 5.92. The van der Waals surface area contributed by atoms with Gasteiger partial charge in [0.1, 0.15) is 0 Å². The number of hydrogen-bond donors (Lipinski definition) is 2. The molecule has 2 aromatic rings. The second-order valence-corrected chi connectivity index (χ2v) is 5.06. The number of carbonyl (C=O) groups is 1. The average molecular weight is 291 g/mol. The van der Waals surface area contributed by atoms with E-state index >= 15 is 0 Å². The normalized spacial score (nSPS) is 12.1. The maximum Gasteiger partial charge on any atom is 0.311 e. The molecule has 2 rings (SSSR count). The number of aliphatic carboxylic acids is 1. The highest BCUT2D eigenvalue weighted by atomic mass is 35.5. The number of carboxylic acids is 1. The van der Waals surface area contributed by atoms with Gasteiger partial charge in [-0.25, -0.2) is 0 Å². The Morgan fingerprint density at radius 3 is 2.30 bits per heavy atom. The van der Waals surface area contributed by atoms with Crippen LogP contribution in [0.5, 0.6) is 0 Å². The Bertz CT molecular complexity index is 593. The van der Waals surface area contributed by atoms with E-state index in [1.54, 1.807) is 36.4 Å². The Balaban J connectivity index is 2.23. The summed E-state index contributed by atoms with van der Waals surface area (Å²) in [5.41, 5.74) is 2.41. The summed E-state index contributed by atoms with van der Waals surface area (Å²) < 4.78 is 0. The first kappa shape index (κ1) is 14.6. The van der Waals surface area contributed by atoms with Crippen LogP contribution in [0.3, 0.4) is 0 Å². The van der Waals surface area contributed by atoms with E-state index in [0.29, 0.717) is 17.0 Å². The van der Waals surface area contributed by atoms with E-state index in [1.807, 2.05) is 12.1 Å². The zero-order valence-electron chi connectivity index (χ0n) is 10.8. The number of carboxylic acid groups (broad SMARTS) is 1. The van der Waals surface area contributed by atoms with Crippen LogP contribution in [0.1, 0.15) is 22.6 Å². The van der Waals surface area contributed by atoms with Crippen molar-refractivity contribution in [1.82, 2.24) is 0 Å². The Morgan fingerprint density at radius 2 is 1.75 bits per heavy atom. The van der Waals surface area contributed by atoms with Gasteiger partial charge in [-0.1, -0.05) is 48.0 Å². The first-order chi connectivity index (χ1) is 9.60. The Morgan fingerprint density at radius 1 is 1.10 bits per heavy atom. The summed E-state index contributed by atoms with van der Waals surface area (Å²) in [5.74, 6) is -1.51. The fourth-order valence-corrected chi connectivity index (χ4v) is 2.29. The minimum atomic E-state index is -0.876. The third-order valence-corrected chi connectivity index (χ3v) is 3.43. The summed E-state index contributed by atoms with van der Waals surface area (Å²) in [6, 6.07) is 14.2. The minimum Gasteiger partial charge on any atom is -0.481 e. The third-order valence-electron chi connectivity index (χ3n) is 3.19. The maximum absolute atomic E-state index is 11.5. The molecule has 2 N–H and O–H groups in total. The highest BCUT2D eigenvalue weighted by Crippen LogP contribution is 2.24. The topological polar surface area (TPSA) is 57.5 Å². The van der Waals surface area contributed by atoms with Gasteiger partial charge in [0.05, 0.1) is 12.5 Å². The maximum atomic E-state index is 11.5. The van der Waals surface area contributed by atoms with E-state index in [1.165, 1.54) is 0 Å². The lowest BCUT2D eigenvalue weighted by molar-refractivity contribution is -0.138. The first-order valence-electron chi connectivity index (χ1n) is 6.27. The molecule has 0 heterocycles. The van der Waals surface area contributed by atoms with Crippen LogP contribution in [0, 0.1) is 0 Å². The average Bonchev–Trinajstić information content (AvgIpc) is 2.45. The molecule has 0 saturated heterocycles. The summed E-state index contributed by atoms with van der Waals surface area (Å²) in [5, 5.41) is 18.9. The lowest BCUT2D eigenvalue weighted by Gasteiger charge is -2.13. The minimum absolute atomic E-state index is 0.0169. The van der Waals surface area contributed by atoms with Crippen molar-refractivity contribution in [2.45, 2.75) is 18.9 Å². The summed E-state index contributed by atoms with van der Waals surface area (Å²) in [7, 11) is 0. The Kier molecular flexibility index (Phi) is 4.77. The van der Waals surface area contributed by atoms with Crippen LogP contribution in [-0.4, -0.2) is 16.2 Å². The van der Waals surface area contributed by atoms with Crippen LogP contribution >= 0.6 is 11.6 Å². The van der Waals surface area contributed by atoms with E-state index in [9.17, 15) is 9.90 Å². The second-order valence-electron chi connectivity index (χ2n) is 4.62. The quantitative estimate of drug-likeness (QED) is 0.889. The molecule has 0 bridgehead atoms.